The highest BCUT2D eigenvalue weighted by molar-refractivity contribution is 7.99. The second-order valence-electron chi connectivity index (χ2n) is 6.03. The summed E-state index contributed by atoms with van der Waals surface area (Å²) < 4.78 is 5.63. The minimum Gasteiger partial charge on any atom is -0.364 e. The van der Waals surface area contributed by atoms with Crippen molar-refractivity contribution in [2.45, 2.75) is 62.0 Å². The molecule has 2 rings (SSSR count). The molecule has 1 aromatic rings. The summed E-state index contributed by atoms with van der Waals surface area (Å²) in [5.74, 6) is -0.0379. The van der Waals surface area contributed by atoms with Gasteiger partial charge in [0.1, 0.15) is 6.10 Å². The maximum Gasteiger partial charge on any atom is 0.249 e. The van der Waals surface area contributed by atoms with Crippen molar-refractivity contribution in [1.29, 1.82) is 0 Å². The van der Waals surface area contributed by atoms with Crippen LogP contribution < -0.4 is 11.1 Å². The molecule has 1 aliphatic rings. The molecule has 0 aromatic heterocycles. The smallest absolute Gasteiger partial charge is 0.249 e. The second-order valence-corrected chi connectivity index (χ2v) is 7.68. The fraction of sp³-hybridized carbons (Fsp3) is 0.588. The van der Waals surface area contributed by atoms with Crippen LogP contribution in [0.1, 0.15) is 45.2 Å². The van der Waals surface area contributed by atoms with Gasteiger partial charge in [0.15, 0.2) is 0 Å². The third-order valence-corrected chi connectivity index (χ3v) is 4.79. The van der Waals surface area contributed by atoms with Crippen LogP contribution in [0.3, 0.4) is 0 Å². The van der Waals surface area contributed by atoms with Gasteiger partial charge in [0.05, 0.1) is 12.1 Å². The van der Waals surface area contributed by atoms with Crippen LogP contribution in [0.15, 0.2) is 29.2 Å². The van der Waals surface area contributed by atoms with Crippen molar-refractivity contribution in [3.63, 3.8) is 0 Å². The van der Waals surface area contributed by atoms with Crippen LogP contribution in [0.2, 0.25) is 0 Å². The lowest BCUT2D eigenvalue weighted by molar-refractivity contribution is -0.132. The molecule has 0 aliphatic carbocycles. The van der Waals surface area contributed by atoms with Gasteiger partial charge in [-0.15, -0.1) is 11.8 Å². The van der Waals surface area contributed by atoms with E-state index >= 15 is 0 Å². The highest BCUT2D eigenvalue weighted by atomic mass is 32.2. The summed E-state index contributed by atoms with van der Waals surface area (Å²) in [4.78, 5) is 13.5. The molecule has 5 heteroatoms. The molecule has 1 heterocycles. The zero-order chi connectivity index (χ0) is 16.1. The fourth-order valence-corrected chi connectivity index (χ4v) is 3.41. The normalized spacial score (nSPS) is 22.8. The number of thioether (sulfide) groups is 1. The molecule has 3 N–H and O–H groups in total. The van der Waals surface area contributed by atoms with Gasteiger partial charge in [-0.25, -0.2) is 0 Å². The Bertz CT molecular complexity index is 490. The van der Waals surface area contributed by atoms with Gasteiger partial charge in [0, 0.05) is 16.7 Å². The molecule has 22 heavy (non-hydrogen) atoms. The lowest BCUT2D eigenvalue weighted by Crippen LogP contribution is -2.36. The van der Waals surface area contributed by atoms with Crippen LogP contribution in [0.4, 0.5) is 0 Å². The van der Waals surface area contributed by atoms with E-state index in [4.69, 9.17) is 10.5 Å². The van der Waals surface area contributed by atoms with Crippen LogP contribution in [0, 0.1) is 0 Å². The Kier molecular flexibility index (Phi) is 6.29. The number of hydrogen-bond donors (Lipinski definition) is 2. The summed E-state index contributed by atoms with van der Waals surface area (Å²) >= 11 is 1.84. The first-order valence-corrected chi connectivity index (χ1v) is 8.80. The van der Waals surface area contributed by atoms with Crippen molar-refractivity contribution in [2.24, 2.45) is 5.73 Å². The van der Waals surface area contributed by atoms with Crippen LogP contribution in [-0.4, -0.2) is 29.9 Å². The minimum atomic E-state index is -0.355. The van der Waals surface area contributed by atoms with E-state index in [0.29, 0.717) is 11.8 Å². The van der Waals surface area contributed by atoms with Gasteiger partial charge >= 0.3 is 0 Å². The maximum atomic E-state index is 12.2. The predicted octanol–water partition coefficient (Wildman–Crippen LogP) is 2.87. The predicted molar refractivity (Wildman–Crippen MR) is 90.9 cm³/mol. The number of ether oxygens (including phenoxy) is 1. The van der Waals surface area contributed by atoms with E-state index in [1.54, 1.807) is 0 Å². The Hall–Kier alpha value is -1.04. The standard InChI is InChI=1S/C17H26N2O2S/c1-11(2)22-15-7-4-13(5-8-15)12(3)19-17(20)16-9-6-14(10-18)21-16/h4-5,7-8,11-12,14,16H,6,9-10,18H2,1-3H3,(H,19,20)/t12?,14-,16+/m1/s1. The number of carbonyl (C=O) groups is 1. The molecule has 1 aromatic carbocycles. The molecule has 1 fully saturated rings. The second kappa shape index (κ2) is 7.99. The lowest BCUT2D eigenvalue weighted by atomic mass is 10.1. The molecule has 1 unspecified atom stereocenters. The zero-order valence-electron chi connectivity index (χ0n) is 13.5. The summed E-state index contributed by atoms with van der Waals surface area (Å²) in [6.45, 7) is 6.83. The Labute approximate surface area is 137 Å². The van der Waals surface area contributed by atoms with Gasteiger partial charge < -0.3 is 15.8 Å². The average molecular weight is 322 g/mol. The molecule has 0 saturated carbocycles. The number of hydrogen-bond acceptors (Lipinski definition) is 4. The molecule has 0 radical (unpaired) electrons. The van der Waals surface area contributed by atoms with E-state index in [0.717, 1.165) is 18.4 Å². The molecule has 3 atom stereocenters. The van der Waals surface area contributed by atoms with Gasteiger partial charge in [-0.3, -0.25) is 4.79 Å². The Morgan fingerprint density at radius 1 is 1.32 bits per heavy atom. The van der Waals surface area contributed by atoms with Crippen LogP contribution in [0.25, 0.3) is 0 Å². The van der Waals surface area contributed by atoms with Gasteiger partial charge in [-0.1, -0.05) is 26.0 Å². The molecular formula is C17H26N2O2S. The van der Waals surface area contributed by atoms with E-state index in [9.17, 15) is 4.79 Å². The number of nitrogens with two attached hydrogens (primary N) is 1. The Morgan fingerprint density at radius 2 is 2.00 bits per heavy atom. The highest BCUT2D eigenvalue weighted by Gasteiger charge is 2.30. The Balaban J connectivity index is 1.88. The SMILES string of the molecule is CC(C)Sc1ccc(C(C)NC(=O)[C@@H]2CC[C@H](CN)O2)cc1. The molecule has 122 valence electrons. The first kappa shape index (κ1) is 17.3. The van der Waals surface area contributed by atoms with Crippen molar-refractivity contribution in [2.75, 3.05) is 6.54 Å². The summed E-state index contributed by atoms with van der Waals surface area (Å²) in [6, 6.07) is 8.35. The monoisotopic (exact) mass is 322 g/mol. The van der Waals surface area contributed by atoms with Crippen LogP contribution in [-0.2, 0) is 9.53 Å². The first-order valence-electron chi connectivity index (χ1n) is 7.92. The van der Waals surface area contributed by atoms with Gasteiger partial charge in [0.25, 0.3) is 0 Å². The molecule has 1 saturated heterocycles. The largest absolute Gasteiger partial charge is 0.364 e. The van der Waals surface area contributed by atoms with Crippen molar-refractivity contribution in [3.8, 4) is 0 Å². The topological polar surface area (TPSA) is 64.4 Å². The van der Waals surface area contributed by atoms with Crippen LogP contribution >= 0.6 is 11.8 Å². The van der Waals surface area contributed by atoms with E-state index in [-0.39, 0.29) is 24.2 Å². The van der Waals surface area contributed by atoms with Gasteiger partial charge in [0.2, 0.25) is 5.91 Å². The molecule has 1 amide bonds. The quantitative estimate of drug-likeness (QED) is 0.791. The molecule has 1 aliphatic heterocycles. The van der Waals surface area contributed by atoms with E-state index < -0.39 is 0 Å². The highest BCUT2D eigenvalue weighted by Crippen LogP contribution is 2.25. The maximum absolute atomic E-state index is 12.2. The Morgan fingerprint density at radius 3 is 2.55 bits per heavy atom. The van der Waals surface area contributed by atoms with Gasteiger partial charge in [-0.2, -0.15) is 0 Å². The number of amides is 1. The van der Waals surface area contributed by atoms with Crippen molar-refractivity contribution >= 4 is 17.7 Å². The van der Waals surface area contributed by atoms with Gasteiger partial charge in [-0.05, 0) is 37.5 Å². The van der Waals surface area contributed by atoms with E-state index in [1.165, 1.54) is 4.90 Å². The fourth-order valence-electron chi connectivity index (χ4n) is 2.57. The van der Waals surface area contributed by atoms with Crippen molar-refractivity contribution in [1.82, 2.24) is 5.32 Å². The molecule has 0 spiro atoms. The number of rotatable bonds is 6. The number of carbonyl (C=O) groups excluding carboxylic acids is 1. The summed E-state index contributed by atoms with van der Waals surface area (Å²) in [6.07, 6.45) is 1.29. The molecular weight excluding hydrogens is 296 g/mol. The third kappa shape index (κ3) is 4.73. The summed E-state index contributed by atoms with van der Waals surface area (Å²) in [5.41, 5.74) is 6.68. The number of benzene rings is 1. The van der Waals surface area contributed by atoms with Crippen molar-refractivity contribution < 1.29 is 9.53 Å². The third-order valence-electron chi connectivity index (χ3n) is 3.77. The minimum absolute atomic E-state index is 0.0221. The van der Waals surface area contributed by atoms with Crippen LogP contribution in [0.5, 0.6) is 0 Å². The molecule has 0 bridgehead atoms. The first-order chi connectivity index (χ1) is 10.5. The van der Waals surface area contributed by atoms with E-state index in [2.05, 4.69) is 43.4 Å². The lowest BCUT2D eigenvalue weighted by Gasteiger charge is -2.18. The zero-order valence-corrected chi connectivity index (χ0v) is 14.4. The summed E-state index contributed by atoms with van der Waals surface area (Å²) in [7, 11) is 0. The summed E-state index contributed by atoms with van der Waals surface area (Å²) in [5, 5.41) is 3.60. The average Bonchev–Trinajstić information content (AvgIpc) is 2.96. The van der Waals surface area contributed by atoms with Crippen molar-refractivity contribution in [3.05, 3.63) is 29.8 Å². The molecule has 4 nitrogen and oxygen atoms in total. The number of nitrogens with one attached hydrogen (secondary N) is 1. The van der Waals surface area contributed by atoms with E-state index in [1.807, 2.05) is 18.7 Å².